The molecule has 3 heteroatoms. The summed E-state index contributed by atoms with van der Waals surface area (Å²) >= 11 is 0. The average Bonchev–Trinajstić information content (AvgIpc) is 3.20. The maximum atomic E-state index is 9.77. The van der Waals surface area contributed by atoms with E-state index in [0.29, 0.717) is 18.6 Å². The fourth-order valence-electron chi connectivity index (χ4n) is 2.77. The van der Waals surface area contributed by atoms with Crippen LogP contribution in [0.2, 0.25) is 0 Å². The average molecular weight is 271 g/mol. The van der Waals surface area contributed by atoms with Crippen LogP contribution in [0, 0.1) is 5.92 Å². The maximum Gasteiger partial charge on any atom is 0.0681 e. The number of ether oxygens (including phenoxy) is 1. The first-order valence-corrected chi connectivity index (χ1v) is 8.11. The van der Waals surface area contributed by atoms with Crippen molar-refractivity contribution >= 4 is 0 Å². The van der Waals surface area contributed by atoms with Gasteiger partial charge in [-0.05, 0) is 25.2 Å². The fourth-order valence-corrected chi connectivity index (χ4v) is 2.77. The van der Waals surface area contributed by atoms with Crippen molar-refractivity contribution in [2.24, 2.45) is 5.92 Å². The number of rotatable bonds is 12. The molecule has 1 saturated carbocycles. The van der Waals surface area contributed by atoms with Crippen LogP contribution in [0.15, 0.2) is 0 Å². The molecule has 0 aliphatic heterocycles. The van der Waals surface area contributed by atoms with E-state index in [1.54, 1.807) is 0 Å². The molecule has 0 amide bonds. The van der Waals surface area contributed by atoms with E-state index in [0.717, 1.165) is 13.0 Å². The molecular weight excluding hydrogens is 238 g/mol. The van der Waals surface area contributed by atoms with Gasteiger partial charge in [0.05, 0.1) is 18.8 Å². The first-order chi connectivity index (χ1) is 9.14. The monoisotopic (exact) mass is 271 g/mol. The lowest BCUT2D eigenvalue weighted by molar-refractivity contribution is 0.0179. The van der Waals surface area contributed by atoms with Crippen LogP contribution < -0.4 is 5.32 Å². The third-order valence-corrected chi connectivity index (χ3v) is 3.97. The molecule has 114 valence electrons. The largest absolute Gasteiger partial charge is 0.394 e. The Morgan fingerprint density at radius 2 is 1.89 bits per heavy atom. The molecule has 0 aromatic heterocycles. The first-order valence-electron chi connectivity index (χ1n) is 8.11. The molecule has 0 spiro atoms. The lowest BCUT2D eigenvalue weighted by Crippen LogP contribution is -2.56. The zero-order valence-electron chi connectivity index (χ0n) is 13.1. The summed E-state index contributed by atoms with van der Waals surface area (Å²) < 4.78 is 5.85. The minimum Gasteiger partial charge on any atom is -0.394 e. The third kappa shape index (κ3) is 6.24. The van der Waals surface area contributed by atoms with Crippen molar-refractivity contribution in [3.05, 3.63) is 0 Å². The van der Waals surface area contributed by atoms with Gasteiger partial charge in [-0.25, -0.2) is 0 Å². The van der Waals surface area contributed by atoms with E-state index >= 15 is 0 Å². The van der Waals surface area contributed by atoms with Crippen molar-refractivity contribution < 1.29 is 9.84 Å². The highest BCUT2D eigenvalue weighted by Gasteiger charge is 2.45. The Labute approximate surface area is 119 Å². The molecule has 0 saturated heterocycles. The van der Waals surface area contributed by atoms with Crippen LogP contribution in [-0.4, -0.2) is 36.5 Å². The smallest absolute Gasteiger partial charge is 0.0681 e. The lowest BCUT2D eigenvalue weighted by Gasteiger charge is -2.35. The number of unbranched alkanes of at least 4 members (excludes halogenated alkanes) is 4. The van der Waals surface area contributed by atoms with Crippen molar-refractivity contribution in [1.29, 1.82) is 0 Å². The van der Waals surface area contributed by atoms with Gasteiger partial charge in [-0.1, -0.05) is 46.5 Å². The molecule has 0 aromatic carbocycles. The van der Waals surface area contributed by atoms with Gasteiger partial charge in [0.1, 0.15) is 0 Å². The van der Waals surface area contributed by atoms with Gasteiger partial charge in [0.25, 0.3) is 0 Å². The molecule has 1 atom stereocenters. The normalized spacial score (nSPS) is 18.8. The molecule has 2 N–H and O–H groups in total. The summed E-state index contributed by atoms with van der Waals surface area (Å²) in [5.41, 5.74) is -0.197. The van der Waals surface area contributed by atoms with Crippen LogP contribution in [0.25, 0.3) is 0 Å². The zero-order valence-corrected chi connectivity index (χ0v) is 13.1. The second kappa shape index (κ2) is 8.93. The molecule has 0 heterocycles. The minimum atomic E-state index is -0.197. The molecule has 1 rings (SSSR count). The highest BCUT2D eigenvalue weighted by atomic mass is 16.5. The summed E-state index contributed by atoms with van der Waals surface area (Å²) in [6.07, 6.45) is 8.79. The molecule has 1 fully saturated rings. The Morgan fingerprint density at radius 3 is 2.42 bits per heavy atom. The lowest BCUT2D eigenvalue weighted by atomic mass is 9.94. The summed E-state index contributed by atoms with van der Waals surface area (Å²) in [7, 11) is 0. The molecular formula is C16H33NO2. The Bertz CT molecular complexity index is 229. The molecule has 1 unspecified atom stereocenters. The van der Waals surface area contributed by atoms with Crippen molar-refractivity contribution in [3.63, 3.8) is 0 Å². The van der Waals surface area contributed by atoms with Gasteiger partial charge in [0.2, 0.25) is 0 Å². The second-order valence-electron chi connectivity index (χ2n) is 6.35. The van der Waals surface area contributed by atoms with E-state index in [2.05, 4.69) is 26.1 Å². The number of hydrogen-bond acceptors (Lipinski definition) is 3. The summed E-state index contributed by atoms with van der Waals surface area (Å²) in [5, 5.41) is 13.3. The van der Waals surface area contributed by atoms with E-state index in [9.17, 15) is 5.11 Å². The van der Waals surface area contributed by atoms with Crippen LogP contribution in [0.1, 0.15) is 65.7 Å². The molecule has 19 heavy (non-hydrogen) atoms. The van der Waals surface area contributed by atoms with Gasteiger partial charge in [-0.3, -0.25) is 0 Å². The standard InChI is InChI=1S/C16H33NO2/c1-4-5-6-7-8-11-19-13-16(12-18,15-9-10-15)17-14(2)3/h14-15,17-18H,4-13H2,1-3H3. The maximum absolute atomic E-state index is 9.77. The second-order valence-corrected chi connectivity index (χ2v) is 6.35. The van der Waals surface area contributed by atoms with Gasteiger partial charge >= 0.3 is 0 Å². The van der Waals surface area contributed by atoms with Crippen LogP contribution in [0.4, 0.5) is 0 Å². The molecule has 0 radical (unpaired) electrons. The van der Waals surface area contributed by atoms with Crippen LogP contribution in [0.5, 0.6) is 0 Å². The van der Waals surface area contributed by atoms with E-state index in [4.69, 9.17) is 4.74 Å². The van der Waals surface area contributed by atoms with E-state index < -0.39 is 0 Å². The zero-order chi connectivity index (χ0) is 14.1. The van der Waals surface area contributed by atoms with Crippen LogP contribution >= 0.6 is 0 Å². The Kier molecular flexibility index (Phi) is 7.96. The molecule has 3 nitrogen and oxygen atoms in total. The van der Waals surface area contributed by atoms with Crippen molar-refractivity contribution in [3.8, 4) is 0 Å². The SMILES string of the molecule is CCCCCCCOCC(CO)(NC(C)C)C1CC1. The van der Waals surface area contributed by atoms with E-state index in [1.807, 2.05) is 0 Å². The van der Waals surface area contributed by atoms with E-state index in [1.165, 1.54) is 38.5 Å². The molecule has 0 bridgehead atoms. The van der Waals surface area contributed by atoms with Gasteiger partial charge in [0, 0.05) is 12.6 Å². The van der Waals surface area contributed by atoms with Gasteiger partial charge in [-0.2, -0.15) is 0 Å². The third-order valence-electron chi connectivity index (χ3n) is 3.97. The summed E-state index contributed by atoms with van der Waals surface area (Å²) in [6, 6.07) is 0.390. The molecule has 1 aliphatic carbocycles. The fraction of sp³-hybridized carbons (Fsp3) is 1.00. The van der Waals surface area contributed by atoms with E-state index in [-0.39, 0.29) is 12.1 Å². The van der Waals surface area contributed by atoms with Gasteiger partial charge in [0.15, 0.2) is 0 Å². The first kappa shape index (κ1) is 16.9. The Morgan fingerprint density at radius 1 is 1.21 bits per heavy atom. The molecule has 1 aliphatic rings. The quantitative estimate of drug-likeness (QED) is 0.536. The number of aliphatic hydroxyl groups excluding tert-OH is 1. The highest BCUT2D eigenvalue weighted by Crippen LogP contribution is 2.40. The molecule has 0 aromatic rings. The van der Waals surface area contributed by atoms with Crippen LogP contribution in [0.3, 0.4) is 0 Å². The van der Waals surface area contributed by atoms with Gasteiger partial charge in [-0.15, -0.1) is 0 Å². The number of aliphatic hydroxyl groups is 1. The number of nitrogens with one attached hydrogen (secondary N) is 1. The summed E-state index contributed by atoms with van der Waals surface area (Å²) in [6.45, 7) is 8.18. The highest BCUT2D eigenvalue weighted by molar-refractivity contribution is 5.01. The summed E-state index contributed by atoms with van der Waals surface area (Å²) in [5.74, 6) is 0.597. The predicted octanol–water partition coefficient (Wildman–Crippen LogP) is 3.11. The van der Waals surface area contributed by atoms with Gasteiger partial charge < -0.3 is 15.2 Å². The summed E-state index contributed by atoms with van der Waals surface area (Å²) in [4.78, 5) is 0. The van der Waals surface area contributed by atoms with Crippen LogP contribution in [-0.2, 0) is 4.74 Å². The minimum absolute atomic E-state index is 0.186. The van der Waals surface area contributed by atoms with Crippen molar-refractivity contribution in [1.82, 2.24) is 5.32 Å². The Balaban J connectivity index is 2.21. The van der Waals surface area contributed by atoms with Crippen molar-refractivity contribution in [2.45, 2.75) is 77.3 Å². The Hall–Kier alpha value is -0.120. The topological polar surface area (TPSA) is 41.5 Å². The number of hydrogen-bond donors (Lipinski definition) is 2. The predicted molar refractivity (Wildman–Crippen MR) is 80.4 cm³/mol. The van der Waals surface area contributed by atoms with Crippen molar-refractivity contribution in [2.75, 3.05) is 19.8 Å².